The summed E-state index contributed by atoms with van der Waals surface area (Å²) in [6.07, 6.45) is 0.409. The number of benzene rings is 1. The van der Waals surface area contributed by atoms with Gasteiger partial charge in [-0.15, -0.1) is 23.2 Å². The summed E-state index contributed by atoms with van der Waals surface area (Å²) in [5, 5.41) is 0. The molecule has 0 heterocycles. The molecule has 0 nitrogen and oxygen atoms in total. The van der Waals surface area contributed by atoms with Crippen LogP contribution < -0.4 is 0 Å². The van der Waals surface area contributed by atoms with Crippen molar-refractivity contribution in [3.8, 4) is 0 Å². The molecule has 0 aliphatic rings. The predicted molar refractivity (Wildman–Crippen MR) is 59.6 cm³/mol. The molecule has 0 atom stereocenters. The minimum absolute atomic E-state index is 0.341. The Kier molecular flexibility index (Phi) is 4.35. The highest BCUT2D eigenvalue weighted by molar-refractivity contribution is 6.21. The van der Waals surface area contributed by atoms with Crippen molar-refractivity contribution in [2.24, 2.45) is 5.41 Å². The molecule has 0 amide bonds. The molecule has 0 saturated heterocycles. The zero-order chi connectivity index (χ0) is 11.5. The Morgan fingerprint density at radius 2 is 1.80 bits per heavy atom. The average Bonchev–Trinajstić information content (AvgIpc) is 2.22. The van der Waals surface area contributed by atoms with Crippen LogP contribution in [0.2, 0.25) is 0 Å². The van der Waals surface area contributed by atoms with Gasteiger partial charge in [0.25, 0.3) is 0 Å². The number of hydrogen-bond donors (Lipinski definition) is 0. The number of rotatable bonds is 4. The summed E-state index contributed by atoms with van der Waals surface area (Å²) in [5.74, 6) is -0.438. The van der Waals surface area contributed by atoms with E-state index in [1.165, 1.54) is 12.1 Å². The van der Waals surface area contributed by atoms with Crippen molar-refractivity contribution in [2.45, 2.75) is 13.3 Å². The lowest BCUT2D eigenvalue weighted by molar-refractivity contribution is 0.414. The van der Waals surface area contributed by atoms with Gasteiger partial charge >= 0.3 is 0 Å². The van der Waals surface area contributed by atoms with E-state index >= 15 is 0 Å². The van der Waals surface area contributed by atoms with Crippen molar-refractivity contribution in [3.63, 3.8) is 0 Å². The molecule has 0 radical (unpaired) electrons. The van der Waals surface area contributed by atoms with E-state index in [1.54, 1.807) is 0 Å². The van der Waals surface area contributed by atoms with Gasteiger partial charge in [0, 0.05) is 17.8 Å². The predicted octanol–water partition coefficient (Wildman–Crippen LogP) is 3.99. The first-order chi connectivity index (χ1) is 7.00. The Labute approximate surface area is 98.2 Å². The molecular formula is C11H12Cl2F2. The van der Waals surface area contributed by atoms with Crippen LogP contribution in [0.5, 0.6) is 0 Å². The van der Waals surface area contributed by atoms with E-state index < -0.39 is 11.6 Å². The maximum absolute atomic E-state index is 13.3. The Hall–Kier alpha value is -0.340. The van der Waals surface area contributed by atoms with Crippen LogP contribution in [-0.4, -0.2) is 11.8 Å². The summed E-state index contributed by atoms with van der Waals surface area (Å²) in [5.41, 5.74) is 0.0853. The second kappa shape index (κ2) is 5.13. The van der Waals surface area contributed by atoms with Gasteiger partial charge in [0.05, 0.1) is 0 Å². The molecule has 0 aromatic heterocycles. The fraction of sp³-hybridized carbons (Fsp3) is 0.455. The molecule has 84 valence electrons. The maximum atomic E-state index is 13.3. The van der Waals surface area contributed by atoms with Gasteiger partial charge < -0.3 is 0 Å². The summed E-state index contributed by atoms with van der Waals surface area (Å²) >= 11 is 11.5. The van der Waals surface area contributed by atoms with Crippen LogP contribution in [0.15, 0.2) is 18.2 Å². The third kappa shape index (κ3) is 3.32. The van der Waals surface area contributed by atoms with E-state index in [1.807, 2.05) is 6.92 Å². The van der Waals surface area contributed by atoms with Gasteiger partial charge in [0.15, 0.2) is 0 Å². The molecule has 1 aromatic rings. The molecular weight excluding hydrogens is 241 g/mol. The van der Waals surface area contributed by atoms with Crippen LogP contribution in [0.3, 0.4) is 0 Å². The van der Waals surface area contributed by atoms with Crippen LogP contribution in [0.1, 0.15) is 12.5 Å². The molecule has 1 rings (SSSR count). The first-order valence-corrected chi connectivity index (χ1v) is 5.63. The van der Waals surface area contributed by atoms with Gasteiger partial charge in [0.1, 0.15) is 11.6 Å². The highest BCUT2D eigenvalue weighted by Gasteiger charge is 2.24. The largest absolute Gasteiger partial charge is 0.207 e. The van der Waals surface area contributed by atoms with Crippen molar-refractivity contribution in [1.82, 2.24) is 0 Å². The van der Waals surface area contributed by atoms with Gasteiger partial charge in [-0.2, -0.15) is 0 Å². The lowest BCUT2D eigenvalue weighted by Gasteiger charge is -2.24. The smallest absolute Gasteiger partial charge is 0.129 e. The first-order valence-electron chi connectivity index (χ1n) is 4.56. The lowest BCUT2D eigenvalue weighted by Crippen LogP contribution is -2.24. The van der Waals surface area contributed by atoms with Crippen molar-refractivity contribution in [2.75, 3.05) is 11.8 Å². The highest BCUT2D eigenvalue weighted by Crippen LogP contribution is 2.27. The van der Waals surface area contributed by atoms with Crippen molar-refractivity contribution < 1.29 is 8.78 Å². The normalized spacial score (nSPS) is 11.8. The van der Waals surface area contributed by atoms with Crippen molar-refractivity contribution >= 4 is 23.2 Å². The standard InChI is InChI=1S/C11H12Cl2F2/c1-11(6-12,7-13)5-8-2-3-9(14)4-10(8)15/h2-4H,5-7H2,1H3. The quantitative estimate of drug-likeness (QED) is 0.711. The van der Waals surface area contributed by atoms with E-state index in [4.69, 9.17) is 23.2 Å². The Morgan fingerprint density at radius 1 is 1.20 bits per heavy atom. The monoisotopic (exact) mass is 252 g/mol. The maximum Gasteiger partial charge on any atom is 0.129 e. The van der Waals surface area contributed by atoms with E-state index in [0.717, 1.165) is 6.07 Å². The van der Waals surface area contributed by atoms with Crippen LogP contribution in [-0.2, 0) is 6.42 Å². The third-order valence-corrected chi connectivity index (χ3v) is 3.57. The molecule has 0 aliphatic carbocycles. The van der Waals surface area contributed by atoms with Gasteiger partial charge in [0.2, 0.25) is 0 Å². The van der Waals surface area contributed by atoms with Gasteiger partial charge in [-0.3, -0.25) is 0 Å². The van der Waals surface area contributed by atoms with Crippen LogP contribution >= 0.6 is 23.2 Å². The molecule has 0 N–H and O–H groups in total. The Morgan fingerprint density at radius 3 is 2.27 bits per heavy atom. The molecule has 0 bridgehead atoms. The Bertz CT molecular complexity index is 335. The second-order valence-electron chi connectivity index (χ2n) is 3.99. The summed E-state index contributed by atoms with van der Waals surface area (Å²) in [6, 6.07) is 3.54. The van der Waals surface area contributed by atoms with Gasteiger partial charge in [-0.05, 0) is 23.5 Å². The zero-order valence-corrected chi connectivity index (χ0v) is 9.88. The number of hydrogen-bond acceptors (Lipinski definition) is 0. The molecule has 0 spiro atoms. The molecule has 15 heavy (non-hydrogen) atoms. The fourth-order valence-electron chi connectivity index (χ4n) is 1.26. The van der Waals surface area contributed by atoms with Crippen LogP contribution in [0, 0.1) is 17.0 Å². The first kappa shape index (κ1) is 12.7. The summed E-state index contributed by atoms with van der Waals surface area (Å²) in [4.78, 5) is 0. The van der Waals surface area contributed by atoms with E-state index in [0.29, 0.717) is 23.7 Å². The fourth-order valence-corrected chi connectivity index (χ4v) is 1.73. The van der Waals surface area contributed by atoms with Crippen molar-refractivity contribution in [3.05, 3.63) is 35.4 Å². The molecule has 4 heteroatoms. The van der Waals surface area contributed by atoms with E-state index in [9.17, 15) is 8.78 Å². The Balaban J connectivity index is 2.89. The van der Waals surface area contributed by atoms with Gasteiger partial charge in [-0.25, -0.2) is 8.78 Å². The molecule has 1 aromatic carbocycles. The van der Waals surface area contributed by atoms with E-state index in [2.05, 4.69) is 0 Å². The minimum atomic E-state index is -0.574. The summed E-state index contributed by atoms with van der Waals surface area (Å²) in [6.45, 7) is 1.87. The lowest BCUT2D eigenvalue weighted by atomic mass is 9.87. The zero-order valence-electron chi connectivity index (χ0n) is 8.37. The number of halogens is 4. The van der Waals surface area contributed by atoms with Crippen LogP contribution in [0.25, 0.3) is 0 Å². The molecule has 0 unspecified atom stereocenters. The van der Waals surface area contributed by atoms with Crippen LogP contribution in [0.4, 0.5) is 8.78 Å². The number of alkyl halides is 2. The summed E-state index contributed by atoms with van der Waals surface area (Å²) in [7, 11) is 0. The minimum Gasteiger partial charge on any atom is -0.207 e. The average molecular weight is 253 g/mol. The highest BCUT2D eigenvalue weighted by atomic mass is 35.5. The topological polar surface area (TPSA) is 0 Å². The molecule has 0 saturated carbocycles. The van der Waals surface area contributed by atoms with Crippen molar-refractivity contribution in [1.29, 1.82) is 0 Å². The van der Waals surface area contributed by atoms with Gasteiger partial charge in [-0.1, -0.05) is 13.0 Å². The summed E-state index contributed by atoms with van der Waals surface area (Å²) < 4.78 is 26.0. The SMILES string of the molecule is CC(CCl)(CCl)Cc1ccc(F)cc1F. The molecule has 0 aliphatic heterocycles. The second-order valence-corrected chi connectivity index (χ2v) is 4.52. The molecule has 0 fully saturated rings. The third-order valence-electron chi connectivity index (χ3n) is 2.28. The van der Waals surface area contributed by atoms with E-state index in [-0.39, 0.29) is 5.41 Å².